The highest BCUT2D eigenvalue weighted by Crippen LogP contribution is 2.32. The first-order valence-corrected chi connectivity index (χ1v) is 15.8. The Hall–Kier alpha value is -5.15. The van der Waals surface area contributed by atoms with Crippen molar-refractivity contribution in [2.45, 2.75) is 26.5 Å². The van der Waals surface area contributed by atoms with Crippen LogP contribution >= 0.6 is 11.3 Å². The summed E-state index contributed by atoms with van der Waals surface area (Å²) in [4.78, 5) is 34.4. The SMILES string of the molecule is CCOC(=O)C1=C(C)N=c2s/c(=C\c3ccc(OCc4cccc5ccccc45)c(OC)c3)c(=O)n2[C@@H]1c1ccc(N(C)C)cc1. The van der Waals surface area contributed by atoms with Gasteiger partial charge in [0.05, 0.1) is 35.6 Å². The average molecular weight is 634 g/mol. The predicted octanol–water partition coefficient (Wildman–Crippen LogP) is 5.61. The van der Waals surface area contributed by atoms with Gasteiger partial charge in [0.1, 0.15) is 6.61 Å². The molecule has 0 saturated carbocycles. The van der Waals surface area contributed by atoms with Crippen LogP contribution in [-0.4, -0.2) is 38.3 Å². The predicted molar refractivity (Wildman–Crippen MR) is 182 cm³/mol. The quantitative estimate of drug-likeness (QED) is 0.197. The number of thiazole rings is 1. The third-order valence-electron chi connectivity index (χ3n) is 7.99. The van der Waals surface area contributed by atoms with Gasteiger partial charge in [-0.1, -0.05) is 72.0 Å². The van der Waals surface area contributed by atoms with Gasteiger partial charge in [0.15, 0.2) is 16.3 Å². The number of esters is 1. The molecular weight excluding hydrogens is 598 g/mol. The number of carbonyl (C=O) groups is 1. The first-order chi connectivity index (χ1) is 22.3. The summed E-state index contributed by atoms with van der Waals surface area (Å²) in [6.07, 6.45) is 1.82. The molecule has 9 heteroatoms. The first kappa shape index (κ1) is 30.9. The molecule has 0 saturated heterocycles. The van der Waals surface area contributed by atoms with Crippen LogP contribution in [0.2, 0.25) is 0 Å². The van der Waals surface area contributed by atoms with Gasteiger partial charge in [-0.2, -0.15) is 0 Å². The van der Waals surface area contributed by atoms with Crippen LogP contribution in [0.5, 0.6) is 11.5 Å². The lowest BCUT2D eigenvalue weighted by Crippen LogP contribution is -2.39. The summed E-state index contributed by atoms with van der Waals surface area (Å²) in [5.74, 6) is 0.675. The largest absolute Gasteiger partial charge is 0.493 e. The second kappa shape index (κ2) is 13.1. The molecule has 1 aromatic heterocycles. The maximum atomic E-state index is 14.0. The van der Waals surface area contributed by atoms with E-state index < -0.39 is 12.0 Å². The lowest BCUT2D eigenvalue weighted by molar-refractivity contribution is -0.139. The second-order valence-corrected chi connectivity index (χ2v) is 12.1. The number of allylic oxidation sites excluding steroid dienone is 1. The number of nitrogens with zero attached hydrogens (tertiary/aromatic N) is 3. The van der Waals surface area contributed by atoms with Gasteiger partial charge in [0.2, 0.25) is 0 Å². The maximum Gasteiger partial charge on any atom is 0.338 e. The number of aromatic nitrogens is 1. The number of ether oxygens (including phenoxy) is 3. The molecule has 8 nitrogen and oxygen atoms in total. The number of rotatable bonds is 9. The van der Waals surface area contributed by atoms with Crippen LogP contribution in [0, 0.1) is 0 Å². The lowest BCUT2D eigenvalue weighted by Gasteiger charge is -2.25. The van der Waals surface area contributed by atoms with Gasteiger partial charge in [0.25, 0.3) is 5.56 Å². The van der Waals surface area contributed by atoms with E-state index in [2.05, 4.69) is 29.3 Å². The van der Waals surface area contributed by atoms with E-state index in [-0.39, 0.29) is 12.2 Å². The highest BCUT2D eigenvalue weighted by Gasteiger charge is 2.33. The molecule has 0 bridgehead atoms. The van der Waals surface area contributed by atoms with Crippen molar-refractivity contribution in [3.8, 4) is 11.5 Å². The number of anilines is 1. The van der Waals surface area contributed by atoms with E-state index >= 15 is 0 Å². The average Bonchev–Trinajstić information content (AvgIpc) is 3.36. The molecular formula is C37H35N3O5S. The summed E-state index contributed by atoms with van der Waals surface area (Å²) in [5.41, 5.74) is 4.30. The van der Waals surface area contributed by atoms with E-state index in [1.165, 1.54) is 11.3 Å². The fourth-order valence-electron chi connectivity index (χ4n) is 5.68. The van der Waals surface area contributed by atoms with Gasteiger partial charge in [-0.25, -0.2) is 9.79 Å². The second-order valence-electron chi connectivity index (χ2n) is 11.1. The molecule has 5 aromatic rings. The van der Waals surface area contributed by atoms with Crippen molar-refractivity contribution in [3.63, 3.8) is 0 Å². The van der Waals surface area contributed by atoms with Crippen LogP contribution in [-0.2, 0) is 16.1 Å². The van der Waals surface area contributed by atoms with Crippen molar-refractivity contribution >= 4 is 39.8 Å². The summed E-state index contributed by atoms with van der Waals surface area (Å²) in [6.45, 7) is 4.15. The van der Waals surface area contributed by atoms with Crippen molar-refractivity contribution in [1.29, 1.82) is 0 Å². The number of hydrogen-bond donors (Lipinski definition) is 0. The minimum absolute atomic E-state index is 0.218. The Kier molecular flexibility index (Phi) is 8.76. The number of fused-ring (bicyclic) bond motifs is 2. The zero-order valence-corrected chi connectivity index (χ0v) is 27.3. The molecule has 0 amide bonds. The summed E-state index contributed by atoms with van der Waals surface area (Å²) in [6, 6.07) is 27.1. The number of methoxy groups -OCH3 is 1. The molecule has 0 unspecified atom stereocenters. The Morgan fingerprint density at radius 2 is 1.76 bits per heavy atom. The van der Waals surface area contributed by atoms with E-state index in [0.29, 0.717) is 38.7 Å². The van der Waals surface area contributed by atoms with Crippen LogP contribution in [0.25, 0.3) is 16.8 Å². The molecule has 234 valence electrons. The lowest BCUT2D eigenvalue weighted by atomic mass is 9.95. The van der Waals surface area contributed by atoms with Crippen molar-refractivity contribution < 1.29 is 19.0 Å². The van der Waals surface area contributed by atoms with E-state index in [1.807, 2.05) is 85.7 Å². The monoisotopic (exact) mass is 633 g/mol. The zero-order chi connectivity index (χ0) is 32.4. The molecule has 6 rings (SSSR count). The molecule has 0 spiro atoms. The van der Waals surface area contributed by atoms with Crippen LogP contribution in [0.4, 0.5) is 5.69 Å². The third-order valence-corrected chi connectivity index (χ3v) is 8.97. The smallest absolute Gasteiger partial charge is 0.338 e. The normalized spacial score (nSPS) is 14.5. The van der Waals surface area contributed by atoms with Crippen molar-refractivity contribution in [1.82, 2.24) is 4.57 Å². The molecule has 2 heterocycles. The molecule has 1 aliphatic heterocycles. The Bertz CT molecular complexity index is 2140. The summed E-state index contributed by atoms with van der Waals surface area (Å²) < 4.78 is 19.4. The van der Waals surface area contributed by atoms with Crippen molar-refractivity contribution in [3.05, 3.63) is 133 Å². The molecule has 0 aliphatic carbocycles. The highest BCUT2D eigenvalue weighted by atomic mass is 32.1. The van der Waals surface area contributed by atoms with Crippen LogP contribution in [0.3, 0.4) is 0 Å². The van der Waals surface area contributed by atoms with Crippen molar-refractivity contribution in [2.75, 3.05) is 32.7 Å². The van der Waals surface area contributed by atoms with Gasteiger partial charge in [-0.05, 0) is 71.7 Å². The van der Waals surface area contributed by atoms with Gasteiger partial charge < -0.3 is 19.1 Å². The minimum Gasteiger partial charge on any atom is -0.493 e. The molecule has 46 heavy (non-hydrogen) atoms. The molecule has 1 atom stereocenters. The molecule has 0 N–H and O–H groups in total. The fourth-order valence-corrected chi connectivity index (χ4v) is 6.73. The third kappa shape index (κ3) is 5.93. The van der Waals surface area contributed by atoms with Gasteiger partial charge in [-0.3, -0.25) is 9.36 Å². The van der Waals surface area contributed by atoms with Crippen LogP contribution in [0.15, 0.2) is 106 Å². The Morgan fingerprint density at radius 3 is 2.50 bits per heavy atom. The standard InChI is InChI=1S/C37H35N3O5S/c1-6-44-36(42)33-23(2)38-37-40(34(33)26-15-17-28(18-16-26)39(3)4)35(41)32(46-37)21-24-14-19-30(31(20-24)43-5)45-22-27-12-9-11-25-10-7-8-13-29(25)27/h7-21,34H,6,22H2,1-5H3/b32-21-/t34-/m1/s1. The molecule has 4 aromatic carbocycles. The van der Waals surface area contributed by atoms with E-state index in [0.717, 1.165) is 33.2 Å². The van der Waals surface area contributed by atoms with E-state index in [1.54, 1.807) is 25.5 Å². The molecule has 0 fully saturated rings. The van der Waals surface area contributed by atoms with Crippen molar-refractivity contribution in [2.24, 2.45) is 4.99 Å². The van der Waals surface area contributed by atoms with Gasteiger partial charge in [-0.15, -0.1) is 0 Å². The maximum absolute atomic E-state index is 14.0. The molecule has 1 aliphatic rings. The van der Waals surface area contributed by atoms with Crippen LogP contribution in [0.1, 0.15) is 36.6 Å². The summed E-state index contributed by atoms with van der Waals surface area (Å²) >= 11 is 1.28. The van der Waals surface area contributed by atoms with E-state index in [4.69, 9.17) is 14.2 Å². The highest BCUT2D eigenvalue weighted by molar-refractivity contribution is 7.07. The zero-order valence-electron chi connectivity index (χ0n) is 26.4. The van der Waals surface area contributed by atoms with Gasteiger partial charge >= 0.3 is 5.97 Å². The number of hydrogen-bond acceptors (Lipinski definition) is 8. The Balaban J connectivity index is 1.36. The van der Waals surface area contributed by atoms with Gasteiger partial charge in [0, 0.05) is 19.8 Å². The molecule has 0 radical (unpaired) electrons. The van der Waals surface area contributed by atoms with E-state index in [9.17, 15) is 9.59 Å². The topological polar surface area (TPSA) is 82.4 Å². The minimum atomic E-state index is -0.673. The summed E-state index contributed by atoms with van der Waals surface area (Å²) in [5, 5.41) is 2.30. The Labute approximate surface area is 271 Å². The Morgan fingerprint density at radius 1 is 1.00 bits per heavy atom. The summed E-state index contributed by atoms with van der Waals surface area (Å²) in [7, 11) is 5.52. The van der Waals surface area contributed by atoms with Crippen LogP contribution < -0.4 is 29.3 Å². The fraction of sp³-hybridized carbons (Fsp3) is 0.216. The number of carbonyl (C=O) groups excluding carboxylic acids is 1. The number of benzene rings is 4. The first-order valence-electron chi connectivity index (χ1n) is 15.0.